The number of anilines is 1. The Kier molecular flexibility index (Phi) is 3.54. The first-order valence-corrected chi connectivity index (χ1v) is 7.77. The molecule has 2 N–H and O–H groups in total. The molecule has 5 nitrogen and oxygen atoms in total. The minimum Gasteiger partial charge on any atom is -0.454 e. The van der Waals surface area contributed by atoms with Gasteiger partial charge in [0.05, 0.1) is 5.71 Å². The molecular weight excluding hydrogens is 302 g/mol. The van der Waals surface area contributed by atoms with E-state index in [1.807, 2.05) is 55.5 Å². The molecule has 2 aromatic rings. The van der Waals surface area contributed by atoms with Crippen LogP contribution in [-0.2, 0) is 6.42 Å². The van der Waals surface area contributed by atoms with Gasteiger partial charge in [0.25, 0.3) is 0 Å². The molecule has 0 radical (unpaired) electrons. The average Bonchev–Trinajstić information content (AvgIpc) is 2.97. The van der Waals surface area contributed by atoms with Crippen molar-refractivity contribution in [3.63, 3.8) is 0 Å². The highest BCUT2D eigenvalue weighted by molar-refractivity contribution is 6.13. The molecule has 5 heteroatoms. The van der Waals surface area contributed by atoms with E-state index in [4.69, 9.17) is 15.2 Å². The first kappa shape index (κ1) is 14.5. The number of fused-ring (bicyclic) bond motifs is 2. The van der Waals surface area contributed by atoms with E-state index in [-0.39, 0.29) is 6.79 Å². The van der Waals surface area contributed by atoms with Gasteiger partial charge in [-0.2, -0.15) is 10.2 Å². The van der Waals surface area contributed by atoms with E-state index in [1.54, 1.807) is 0 Å². The van der Waals surface area contributed by atoms with Crippen molar-refractivity contribution in [2.24, 2.45) is 10.2 Å². The monoisotopic (exact) mass is 319 g/mol. The second kappa shape index (κ2) is 5.85. The first-order valence-electron chi connectivity index (χ1n) is 7.77. The molecule has 2 aliphatic heterocycles. The second-order valence-electron chi connectivity index (χ2n) is 5.86. The van der Waals surface area contributed by atoms with E-state index < -0.39 is 0 Å². The maximum Gasteiger partial charge on any atom is 0.231 e. The van der Waals surface area contributed by atoms with Gasteiger partial charge in [-0.25, -0.2) is 0 Å². The Morgan fingerprint density at radius 1 is 1.00 bits per heavy atom. The molecule has 2 aromatic carbocycles. The van der Waals surface area contributed by atoms with Gasteiger partial charge in [0.15, 0.2) is 11.5 Å². The standard InChI is InChI=1S/C19H17N3O2/c1-12-8-14-9-18-19(24-11-23-18)10-16(14)17(22-21-12)7-4-13-2-5-15(20)6-3-13/h2-7,9-10H,8,11,20H2,1H3/b7-4+. The zero-order valence-corrected chi connectivity index (χ0v) is 13.3. The van der Waals surface area contributed by atoms with E-state index in [0.717, 1.165) is 51.7 Å². The molecule has 0 unspecified atom stereocenters. The van der Waals surface area contributed by atoms with E-state index >= 15 is 0 Å². The minimum atomic E-state index is 0.263. The normalized spacial score (nSPS) is 15.7. The lowest BCUT2D eigenvalue weighted by molar-refractivity contribution is 0.174. The molecule has 4 rings (SSSR count). The van der Waals surface area contributed by atoms with Crippen LogP contribution in [0.1, 0.15) is 23.6 Å². The Hall–Kier alpha value is -3.08. The maximum atomic E-state index is 5.73. The average molecular weight is 319 g/mol. The summed E-state index contributed by atoms with van der Waals surface area (Å²) in [5, 5.41) is 8.70. The van der Waals surface area contributed by atoms with Crippen LogP contribution in [-0.4, -0.2) is 18.2 Å². The van der Waals surface area contributed by atoms with Crippen LogP contribution >= 0.6 is 0 Å². The van der Waals surface area contributed by atoms with Gasteiger partial charge in [0.1, 0.15) is 0 Å². The summed E-state index contributed by atoms with van der Waals surface area (Å²) >= 11 is 0. The lowest BCUT2D eigenvalue weighted by atomic mass is 9.97. The molecule has 2 heterocycles. The molecule has 2 aliphatic rings. The van der Waals surface area contributed by atoms with E-state index in [0.29, 0.717) is 0 Å². The summed E-state index contributed by atoms with van der Waals surface area (Å²) in [6.45, 7) is 2.24. The van der Waals surface area contributed by atoms with E-state index in [2.05, 4.69) is 10.2 Å². The van der Waals surface area contributed by atoms with Crippen molar-refractivity contribution in [3.05, 3.63) is 59.2 Å². The number of ether oxygens (including phenoxy) is 2. The Balaban J connectivity index is 1.74. The predicted octanol–water partition coefficient (Wildman–Crippen LogP) is 3.43. The highest BCUT2D eigenvalue weighted by atomic mass is 16.7. The molecule has 24 heavy (non-hydrogen) atoms. The van der Waals surface area contributed by atoms with Crippen LogP contribution in [0, 0.1) is 0 Å². The van der Waals surface area contributed by atoms with E-state index in [1.165, 1.54) is 0 Å². The molecule has 0 saturated carbocycles. The molecule has 0 bridgehead atoms. The molecule has 0 aliphatic carbocycles. The Morgan fingerprint density at radius 2 is 1.75 bits per heavy atom. The maximum absolute atomic E-state index is 5.73. The van der Waals surface area contributed by atoms with Gasteiger partial charge in [-0.3, -0.25) is 0 Å². The van der Waals surface area contributed by atoms with Crippen LogP contribution < -0.4 is 15.2 Å². The first-order chi connectivity index (χ1) is 11.7. The predicted molar refractivity (Wildman–Crippen MR) is 95.8 cm³/mol. The SMILES string of the molecule is CC1=NN=C(/C=C/c2ccc(N)cc2)c2cc3c(cc2C1)OCO3. The van der Waals surface area contributed by atoms with Crippen LogP contribution in [0.25, 0.3) is 6.08 Å². The molecule has 0 fully saturated rings. The van der Waals surface area contributed by atoms with Crippen LogP contribution in [0.4, 0.5) is 5.69 Å². The van der Waals surface area contributed by atoms with Gasteiger partial charge in [-0.1, -0.05) is 18.2 Å². The third kappa shape index (κ3) is 2.76. The van der Waals surface area contributed by atoms with Gasteiger partial charge >= 0.3 is 0 Å². The lowest BCUT2D eigenvalue weighted by Gasteiger charge is -2.08. The molecule has 0 amide bonds. The minimum absolute atomic E-state index is 0.263. The molecule has 0 saturated heterocycles. The van der Waals surface area contributed by atoms with Gasteiger partial charge in [0, 0.05) is 23.4 Å². The largest absolute Gasteiger partial charge is 0.454 e. The van der Waals surface area contributed by atoms with Crippen molar-refractivity contribution in [1.29, 1.82) is 0 Å². The fourth-order valence-electron chi connectivity index (χ4n) is 2.78. The number of nitrogens with two attached hydrogens (primary N) is 1. The van der Waals surface area contributed by atoms with Crippen molar-refractivity contribution in [3.8, 4) is 11.5 Å². The summed E-state index contributed by atoms with van der Waals surface area (Å²) in [6, 6.07) is 11.7. The topological polar surface area (TPSA) is 69.2 Å². The van der Waals surface area contributed by atoms with Crippen molar-refractivity contribution in [2.45, 2.75) is 13.3 Å². The van der Waals surface area contributed by atoms with Crippen LogP contribution in [0.2, 0.25) is 0 Å². The lowest BCUT2D eigenvalue weighted by Crippen LogP contribution is -2.03. The van der Waals surface area contributed by atoms with Crippen LogP contribution in [0.15, 0.2) is 52.7 Å². The van der Waals surface area contributed by atoms with Gasteiger partial charge in [-0.15, -0.1) is 0 Å². The van der Waals surface area contributed by atoms with Crippen molar-refractivity contribution in [2.75, 3.05) is 12.5 Å². The highest BCUT2D eigenvalue weighted by Gasteiger charge is 2.20. The molecule has 0 aromatic heterocycles. The van der Waals surface area contributed by atoms with Crippen LogP contribution in [0.3, 0.4) is 0 Å². The Labute approximate surface area is 140 Å². The number of hydrogen-bond acceptors (Lipinski definition) is 5. The molecular formula is C19H17N3O2. The summed E-state index contributed by atoms with van der Waals surface area (Å²) in [4.78, 5) is 0. The molecule has 120 valence electrons. The molecule has 0 spiro atoms. The third-order valence-electron chi connectivity index (χ3n) is 4.02. The number of nitrogens with zero attached hydrogens (tertiary/aromatic N) is 2. The zero-order valence-electron chi connectivity index (χ0n) is 13.3. The van der Waals surface area contributed by atoms with Gasteiger partial charge in [0.2, 0.25) is 6.79 Å². The summed E-state index contributed by atoms with van der Waals surface area (Å²) < 4.78 is 11.0. The Bertz CT molecular complexity index is 880. The van der Waals surface area contributed by atoms with Crippen molar-refractivity contribution < 1.29 is 9.47 Å². The third-order valence-corrected chi connectivity index (χ3v) is 4.02. The van der Waals surface area contributed by atoms with Gasteiger partial charge < -0.3 is 15.2 Å². The Morgan fingerprint density at radius 3 is 2.54 bits per heavy atom. The number of nitrogen functional groups attached to an aromatic ring is 1. The van der Waals surface area contributed by atoms with Crippen molar-refractivity contribution in [1.82, 2.24) is 0 Å². The fourth-order valence-corrected chi connectivity index (χ4v) is 2.78. The molecule has 0 atom stereocenters. The number of benzene rings is 2. The summed E-state index contributed by atoms with van der Waals surface area (Å²) in [5.74, 6) is 1.53. The zero-order chi connectivity index (χ0) is 16.5. The van der Waals surface area contributed by atoms with Gasteiger partial charge in [-0.05, 0) is 48.4 Å². The van der Waals surface area contributed by atoms with Crippen molar-refractivity contribution >= 4 is 23.2 Å². The highest BCUT2D eigenvalue weighted by Crippen LogP contribution is 2.36. The number of hydrogen-bond donors (Lipinski definition) is 1. The summed E-state index contributed by atoms with van der Waals surface area (Å²) in [6.07, 6.45) is 4.71. The van der Waals surface area contributed by atoms with E-state index in [9.17, 15) is 0 Å². The summed E-state index contributed by atoms with van der Waals surface area (Å²) in [5.41, 5.74) is 11.5. The summed E-state index contributed by atoms with van der Waals surface area (Å²) in [7, 11) is 0. The van der Waals surface area contributed by atoms with Crippen LogP contribution in [0.5, 0.6) is 11.5 Å². The smallest absolute Gasteiger partial charge is 0.231 e. The fraction of sp³-hybridized carbons (Fsp3) is 0.158. The number of rotatable bonds is 2. The quantitative estimate of drug-likeness (QED) is 0.862. The number of allylic oxidation sites excluding steroid dienone is 1. The second-order valence-corrected chi connectivity index (χ2v) is 5.86.